The molecule has 0 aliphatic heterocycles. The Labute approximate surface area is 220 Å². The Morgan fingerprint density at radius 1 is 1.06 bits per heavy atom. The number of anilines is 1. The normalized spacial score (nSPS) is 11.2. The minimum absolute atomic E-state index is 0.152. The maximum absolute atomic E-state index is 12.6. The van der Waals surface area contributed by atoms with Crippen molar-refractivity contribution in [3.63, 3.8) is 0 Å². The lowest BCUT2D eigenvalue weighted by Crippen LogP contribution is -2.14. The third kappa shape index (κ3) is 5.25. The van der Waals surface area contributed by atoms with Crippen LogP contribution in [0.3, 0.4) is 0 Å². The molecule has 0 bridgehead atoms. The Balaban J connectivity index is 1.43. The molecule has 2 N–H and O–H groups in total. The summed E-state index contributed by atoms with van der Waals surface area (Å²) in [7, 11) is 0. The summed E-state index contributed by atoms with van der Waals surface area (Å²) >= 11 is 4.27. The van der Waals surface area contributed by atoms with Gasteiger partial charge in [0, 0.05) is 28.4 Å². The number of H-pyrrole nitrogens is 1. The van der Waals surface area contributed by atoms with Crippen LogP contribution in [-0.2, 0) is 4.79 Å². The van der Waals surface area contributed by atoms with Crippen LogP contribution >= 0.6 is 34.9 Å². The van der Waals surface area contributed by atoms with Crippen LogP contribution in [0.1, 0.15) is 13.8 Å². The number of ether oxygens (including phenoxy) is 1. The van der Waals surface area contributed by atoms with E-state index < -0.39 is 0 Å². The van der Waals surface area contributed by atoms with Crippen LogP contribution in [0.5, 0.6) is 5.75 Å². The van der Waals surface area contributed by atoms with Gasteiger partial charge in [0.2, 0.25) is 11.0 Å². The van der Waals surface area contributed by atoms with Gasteiger partial charge in [-0.1, -0.05) is 60.0 Å². The summed E-state index contributed by atoms with van der Waals surface area (Å²) in [5.74, 6) is 2.34. The molecule has 184 valence electrons. The predicted octanol–water partition coefficient (Wildman–Crippen LogP) is 5.51. The van der Waals surface area contributed by atoms with Crippen molar-refractivity contribution in [1.29, 1.82) is 0 Å². The van der Waals surface area contributed by atoms with Gasteiger partial charge in [-0.3, -0.25) is 14.7 Å². The van der Waals surface area contributed by atoms with Gasteiger partial charge in [0.15, 0.2) is 15.3 Å². The highest BCUT2D eigenvalue weighted by Gasteiger charge is 2.20. The minimum Gasteiger partial charge on any atom is -0.494 e. The van der Waals surface area contributed by atoms with Crippen molar-refractivity contribution >= 4 is 56.8 Å². The molecule has 36 heavy (non-hydrogen) atoms. The maximum Gasteiger partial charge on any atom is 0.236 e. The topological polar surface area (TPSA) is 111 Å². The first-order chi connectivity index (χ1) is 17.7. The Morgan fingerprint density at radius 2 is 1.89 bits per heavy atom. The summed E-state index contributed by atoms with van der Waals surface area (Å²) in [6.07, 6.45) is 1.93. The monoisotopic (exact) mass is 537 g/mol. The van der Waals surface area contributed by atoms with Crippen molar-refractivity contribution < 1.29 is 9.53 Å². The number of fused-ring (bicyclic) bond motifs is 1. The van der Waals surface area contributed by atoms with Crippen LogP contribution in [0.4, 0.5) is 5.13 Å². The van der Waals surface area contributed by atoms with Crippen molar-refractivity contribution in [2.45, 2.75) is 23.3 Å². The summed E-state index contributed by atoms with van der Waals surface area (Å²) < 4.78 is 8.40. The number of hydrogen-bond donors (Lipinski definition) is 2. The Kier molecular flexibility index (Phi) is 7.54. The number of nitrogens with one attached hydrogen (secondary N) is 2. The van der Waals surface area contributed by atoms with Gasteiger partial charge in [0.05, 0.1) is 12.4 Å². The highest BCUT2D eigenvalue weighted by atomic mass is 32.2. The first-order valence-corrected chi connectivity index (χ1v) is 14.1. The Morgan fingerprint density at radius 3 is 2.69 bits per heavy atom. The first-order valence-electron chi connectivity index (χ1n) is 11.3. The molecule has 0 atom stereocenters. The second kappa shape index (κ2) is 11.1. The van der Waals surface area contributed by atoms with E-state index in [1.54, 1.807) is 11.8 Å². The molecule has 0 aliphatic carbocycles. The number of nitrogens with zero attached hydrogens (tertiary/aromatic N) is 5. The molecular formula is C24H23N7O2S3. The van der Waals surface area contributed by atoms with Crippen LogP contribution in [-0.4, -0.2) is 54.0 Å². The molecule has 0 fully saturated rings. The standard InChI is InChI=1S/C24H23N7O2S3/c1-3-33-16-11-9-15(10-12-16)31-21(18-13-25-19-8-6-5-7-17(18)19)27-29-23(31)35-14-20(32)26-22-28-30-24(36-22)34-4-2/h5-13,25H,3-4,14H2,1-2H3,(H,26,28,32). The van der Waals surface area contributed by atoms with Gasteiger partial charge in [0.25, 0.3) is 0 Å². The van der Waals surface area contributed by atoms with Crippen molar-refractivity contribution in [2.75, 3.05) is 23.4 Å². The molecule has 9 nitrogen and oxygen atoms in total. The van der Waals surface area contributed by atoms with Crippen LogP contribution in [0.25, 0.3) is 28.0 Å². The maximum atomic E-state index is 12.6. The van der Waals surface area contributed by atoms with E-state index in [1.165, 1.54) is 23.1 Å². The second-order valence-corrected chi connectivity index (χ2v) is 10.9. The average molecular weight is 538 g/mol. The van der Waals surface area contributed by atoms with Gasteiger partial charge < -0.3 is 9.72 Å². The lowest BCUT2D eigenvalue weighted by molar-refractivity contribution is -0.113. The van der Waals surface area contributed by atoms with E-state index in [1.807, 2.05) is 73.1 Å². The molecule has 2 aromatic carbocycles. The molecule has 3 aromatic heterocycles. The number of para-hydroxylation sites is 1. The van der Waals surface area contributed by atoms with Gasteiger partial charge in [-0.2, -0.15) is 0 Å². The van der Waals surface area contributed by atoms with E-state index in [2.05, 4.69) is 30.7 Å². The fourth-order valence-corrected chi connectivity index (χ4v) is 6.03. The molecule has 0 saturated heterocycles. The zero-order chi connectivity index (χ0) is 24.9. The number of benzene rings is 2. The van der Waals surface area contributed by atoms with Crippen LogP contribution in [0.15, 0.2) is 64.2 Å². The fraction of sp³-hybridized carbons (Fsp3) is 0.208. The third-order valence-corrected chi connectivity index (χ3v) is 7.91. The van der Waals surface area contributed by atoms with E-state index >= 15 is 0 Å². The molecule has 0 aliphatic rings. The number of amides is 1. The third-order valence-electron chi connectivity index (χ3n) is 5.12. The molecule has 12 heteroatoms. The quantitative estimate of drug-likeness (QED) is 0.177. The second-order valence-electron chi connectivity index (χ2n) is 7.46. The van der Waals surface area contributed by atoms with Crippen molar-refractivity contribution in [3.8, 4) is 22.8 Å². The van der Waals surface area contributed by atoms with E-state index in [-0.39, 0.29) is 11.7 Å². The van der Waals surface area contributed by atoms with Crippen molar-refractivity contribution in [3.05, 3.63) is 54.7 Å². The summed E-state index contributed by atoms with van der Waals surface area (Å²) in [6, 6.07) is 15.8. The number of aromatic amines is 1. The molecule has 0 radical (unpaired) electrons. The highest BCUT2D eigenvalue weighted by molar-refractivity contribution is 8.01. The van der Waals surface area contributed by atoms with E-state index in [9.17, 15) is 4.79 Å². The largest absolute Gasteiger partial charge is 0.494 e. The zero-order valence-electron chi connectivity index (χ0n) is 19.6. The number of thioether (sulfide) groups is 2. The molecule has 5 aromatic rings. The van der Waals surface area contributed by atoms with Gasteiger partial charge in [0.1, 0.15) is 5.75 Å². The number of aromatic nitrogens is 6. The molecular weight excluding hydrogens is 515 g/mol. The van der Waals surface area contributed by atoms with E-state index in [0.717, 1.165) is 38.0 Å². The molecule has 0 unspecified atom stereocenters. The number of carbonyl (C=O) groups is 1. The minimum atomic E-state index is -0.181. The Hall–Kier alpha value is -3.35. The Bertz CT molecular complexity index is 1480. The SMILES string of the molecule is CCOc1ccc(-n2c(SCC(=O)Nc3nnc(SCC)s3)nnc2-c2c[nH]c3ccccc23)cc1. The molecule has 5 rings (SSSR count). The lowest BCUT2D eigenvalue weighted by atomic mass is 10.1. The molecule has 0 spiro atoms. The summed E-state index contributed by atoms with van der Waals surface area (Å²) in [6.45, 7) is 4.59. The average Bonchev–Trinajstić information content (AvgIpc) is 3.62. The van der Waals surface area contributed by atoms with Gasteiger partial charge in [-0.05, 0) is 43.0 Å². The van der Waals surface area contributed by atoms with Crippen LogP contribution in [0, 0.1) is 0 Å². The number of rotatable bonds is 10. The van der Waals surface area contributed by atoms with E-state index in [0.29, 0.717) is 22.7 Å². The molecule has 0 saturated carbocycles. The van der Waals surface area contributed by atoms with Crippen LogP contribution in [0.2, 0.25) is 0 Å². The van der Waals surface area contributed by atoms with Crippen LogP contribution < -0.4 is 10.1 Å². The van der Waals surface area contributed by atoms with E-state index in [4.69, 9.17) is 4.74 Å². The predicted molar refractivity (Wildman–Crippen MR) is 145 cm³/mol. The lowest BCUT2D eigenvalue weighted by Gasteiger charge is -2.11. The number of carbonyl (C=O) groups excluding carboxylic acids is 1. The summed E-state index contributed by atoms with van der Waals surface area (Å²) in [4.78, 5) is 16.0. The van der Waals surface area contributed by atoms with Gasteiger partial charge in [-0.25, -0.2) is 0 Å². The summed E-state index contributed by atoms with van der Waals surface area (Å²) in [5, 5.41) is 22.0. The first kappa shape index (κ1) is 24.3. The number of hydrogen-bond acceptors (Lipinski definition) is 9. The van der Waals surface area contributed by atoms with Gasteiger partial charge >= 0.3 is 0 Å². The van der Waals surface area contributed by atoms with Crippen molar-refractivity contribution in [2.24, 2.45) is 0 Å². The fourth-order valence-electron chi connectivity index (χ4n) is 3.61. The zero-order valence-corrected chi connectivity index (χ0v) is 22.0. The molecule has 1 amide bonds. The highest BCUT2D eigenvalue weighted by Crippen LogP contribution is 2.33. The molecule has 3 heterocycles. The summed E-state index contributed by atoms with van der Waals surface area (Å²) in [5.41, 5.74) is 2.81. The van der Waals surface area contributed by atoms with Crippen molar-refractivity contribution in [1.82, 2.24) is 29.9 Å². The van der Waals surface area contributed by atoms with Gasteiger partial charge in [-0.15, -0.1) is 20.4 Å². The smallest absolute Gasteiger partial charge is 0.236 e.